The van der Waals surface area contributed by atoms with Crippen LogP contribution in [0.2, 0.25) is 0 Å². The average Bonchev–Trinajstić information content (AvgIpc) is 3.07. The number of nitrogens with one attached hydrogen (secondary N) is 1. The Labute approximate surface area is 152 Å². The Morgan fingerprint density at radius 2 is 1.96 bits per heavy atom. The number of amides is 1. The van der Waals surface area contributed by atoms with Crippen LogP contribution in [0.1, 0.15) is 30.9 Å². The van der Waals surface area contributed by atoms with Crippen LogP contribution in [0.3, 0.4) is 0 Å². The Kier molecular flexibility index (Phi) is 5.21. The number of aryl methyl sites for hydroxylation is 3. The van der Waals surface area contributed by atoms with Crippen molar-refractivity contribution in [2.45, 2.75) is 40.2 Å². The van der Waals surface area contributed by atoms with E-state index in [1.54, 1.807) is 27.5 Å². The van der Waals surface area contributed by atoms with Crippen LogP contribution < -0.4 is 10.9 Å². The minimum Gasteiger partial charge on any atom is -0.356 e. The SMILES string of the molecule is CCCNC(=O)CCn1ccn2nc(-c3ccc(C)c(C)c3)cc2c1=O. The number of carbonyl (C=O) groups is 1. The zero-order valence-electron chi connectivity index (χ0n) is 15.5. The summed E-state index contributed by atoms with van der Waals surface area (Å²) in [6.45, 7) is 7.15. The highest BCUT2D eigenvalue weighted by atomic mass is 16.1. The van der Waals surface area contributed by atoms with E-state index in [2.05, 4.69) is 36.4 Å². The zero-order valence-corrected chi connectivity index (χ0v) is 15.5. The van der Waals surface area contributed by atoms with Crippen LogP contribution in [-0.4, -0.2) is 26.6 Å². The molecule has 0 atom stereocenters. The molecule has 1 N–H and O–H groups in total. The van der Waals surface area contributed by atoms with E-state index < -0.39 is 0 Å². The summed E-state index contributed by atoms with van der Waals surface area (Å²) in [6.07, 6.45) is 4.62. The molecule has 2 aromatic heterocycles. The highest BCUT2D eigenvalue weighted by Crippen LogP contribution is 2.21. The second-order valence-electron chi connectivity index (χ2n) is 6.56. The van der Waals surface area contributed by atoms with Gasteiger partial charge in [0.2, 0.25) is 5.91 Å². The smallest absolute Gasteiger partial charge is 0.276 e. The van der Waals surface area contributed by atoms with Gasteiger partial charge in [0.05, 0.1) is 5.69 Å². The summed E-state index contributed by atoms with van der Waals surface area (Å²) >= 11 is 0. The van der Waals surface area contributed by atoms with Crippen LogP contribution in [0, 0.1) is 13.8 Å². The first-order chi connectivity index (χ1) is 12.5. The highest BCUT2D eigenvalue weighted by Gasteiger charge is 2.10. The van der Waals surface area contributed by atoms with E-state index in [9.17, 15) is 9.59 Å². The fourth-order valence-corrected chi connectivity index (χ4v) is 2.82. The third-order valence-corrected chi connectivity index (χ3v) is 4.56. The molecule has 136 valence electrons. The first kappa shape index (κ1) is 17.9. The molecule has 0 aliphatic heterocycles. The molecule has 0 spiro atoms. The Morgan fingerprint density at radius 1 is 1.15 bits per heavy atom. The van der Waals surface area contributed by atoms with Crippen molar-refractivity contribution >= 4 is 11.4 Å². The van der Waals surface area contributed by atoms with Gasteiger partial charge in [-0.25, -0.2) is 4.52 Å². The molecule has 1 aromatic carbocycles. The second-order valence-corrected chi connectivity index (χ2v) is 6.56. The quantitative estimate of drug-likeness (QED) is 0.742. The average molecular weight is 352 g/mol. The summed E-state index contributed by atoms with van der Waals surface area (Å²) < 4.78 is 3.16. The van der Waals surface area contributed by atoms with Gasteiger partial charge in [-0.2, -0.15) is 5.10 Å². The lowest BCUT2D eigenvalue weighted by atomic mass is 10.0. The van der Waals surface area contributed by atoms with Crippen LogP contribution >= 0.6 is 0 Å². The number of benzene rings is 1. The first-order valence-corrected chi connectivity index (χ1v) is 8.92. The third-order valence-electron chi connectivity index (χ3n) is 4.56. The summed E-state index contributed by atoms with van der Waals surface area (Å²) in [5.74, 6) is -0.0389. The van der Waals surface area contributed by atoms with Crippen molar-refractivity contribution in [2.75, 3.05) is 6.54 Å². The number of carbonyl (C=O) groups excluding carboxylic acids is 1. The van der Waals surface area contributed by atoms with E-state index in [0.717, 1.165) is 17.7 Å². The van der Waals surface area contributed by atoms with Crippen LogP contribution in [-0.2, 0) is 11.3 Å². The molecule has 0 aliphatic rings. The number of fused-ring (bicyclic) bond motifs is 1. The largest absolute Gasteiger partial charge is 0.356 e. The molecule has 6 heteroatoms. The maximum Gasteiger partial charge on any atom is 0.276 e. The molecule has 0 radical (unpaired) electrons. The molecule has 2 heterocycles. The number of nitrogens with zero attached hydrogens (tertiary/aromatic N) is 3. The van der Waals surface area contributed by atoms with E-state index in [4.69, 9.17) is 0 Å². The molecular formula is C20H24N4O2. The Bertz CT molecular complexity index is 1000. The lowest BCUT2D eigenvalue weighted by molar-refractivity contribution is -0.121. The third kappa shape index (κ3) is 3.69. The monoisotopic (exact) mass is 352 g/mol. The number of hydrogen-bond donors (Lipinski definition) is 1. The van der Waals surface area contributed by atoms with Gasteiger partial charge < -0.3 is 9.88 Å². The molecule has 3 aromatic rings. The van der Waals surface area contributed by atoms with Gasteiger partial charge in [-0.05, 0) is 43.5 Å². The van der Waals surface area contributed by atoms with Gasteiger partial charge in [0.25, 0.3) is 5.56 Å². The molecule has 0 aliphatic carbocycles. The first-order valence-electron chi connectivity index (χ1n) is 8.92. The molecular weight excluding hydrogens is 328 g/mol. The fourth-order valence-electron chi connectivity index (χ4n) is 2.82. The summed E-state index contributed by atoms with van der Waals surface area (Å²) in [7, 11) is 0. The zero-order chi connectivity index (χ0) is 18.7. The molecule has 1 amide bonds. The molecule has 0 unspecified atom stereocenters. The molecule has 0 bridgehead atoms. The predicted octanol–water partition coefficient (Wildman–Crippen LogP) is 2.70. The van der Waals surface area contributed by atoms with Crippen molar-refractivity contribution in [3.63, 3.8) is 0 Å². The fraction of sp³-hybridized carbons (Fsp3) is 0.350. The molecule has 0 saturated heterocycles. The van der Waals surface area contributed by atoms with Crippen molar-refractivity contribution in [1.29, 1.82) is 0 Å². The normalized spacial score (nSPS) is 11.0. The van der Waals surface area contributed by atoms with Crippen molar-refractivity contribution < 1.29 is 4.79 Å². The lowest BCUT2D eigenvalue weighted by Crippen LogP contribution is -2.28. The van der Waals surface area contributed by atoms with E-state index in [1.807, 2.05) is 13.0 Å². The van der Waals surface area contributed by atoms with Gasteiger partial charge in [-0.1, -0.05) is 19.1 Å². The maximum atomic E-state index is 12.7. The number of rotatable bonds is 6. The molecule has 26 heavy (non-hydrogen) atoms. The van der Waals surface area contributed by atoms with Gasteiger partial charge >= 0.3 is 0 Å². The minimum atomic E-state index is -0.140. The van der Waals surface area contributed by atoms with Gasteiger partial charge in [-0.15, -0.1) is 0 Å². The van der Waals surface area contributed by atoms with E-state index >= 15 is 0 Å². The molecule has 0 fully saturated rings. The molecule has 6 nitrogen and oxygen atoms in total. The van der Waals surface area contributed by atoms with Crippen molar-refractivity contribution in [3.8, 4) is 11.3 Å². The van der Waals surface area contributed by atoms with Crippen LogP contribution in [0.15, 0.2) is 41.5 Å². The predicted molar refractivity (Wildman–Crippen MR) is 102 cm³/mol. The van der Waals surface area contributed by atoms with Crippen LogP contribution in [0.5, 0.6) is 0 Å². The van der Waals surface area contributed by atoms with Crippen molar-refractivity contribution in [3.05, 3.63) is 58.1 Å². The maximum absolute atomic E-state index is 12.7. The summed E-state index contributed by atoms with van der Waals surface area (Å²) in [4.78, 5) is 24.4. The van der Waals surface area contributed by atoms with E-state index in [0.29, 0.717) is 18.6 Å². The summed E-state index contributed by atoms with van der Waals surface area (Å²) in [6, 6.07) is 7.95. The highest BCUT2D eigenvalue weighted by molar-refractivity contribution is 5.75. The van der Waals surface area contributed by atoms with E-state index in [-0.39, 0.29) is 17.9 Å². The number of hydrogen-bond acceptors (Lipinski definition) is 3. The Morgan fingerprint density at radius 3 is 2.69 bits per heavy atom. The molecule has 0 saturated carbocycles. The Hall–Kier alpha value is -2.89. The minimum absolute atomic E-state index is 0.0389. The van der Waals surface area contributed by atoms with Crippen molar-refractivity contribution in [2.24, 2.45) is 0 Å². The van der Waals surface area contributed by atoms with Gasteiger partial charge in [-0.3, -0.25) is 9.59 Å². The Balaban J connectivity index is 1.86. The standard InChI is InChI=1S/C20H24N4O2/c1-4-8-21-19(25)7-9-23-10-11-24-18(20(23)26)13-17(22-24)16-6-5-14(2)15(3)12-16/h5-6,10-13H,4,7-9H2,1-3H3,(H,21,25). The van der Waals surface area contributed by atoms with Crippen LogP contribution in [0.25, 0.3) is 16.8 Å². The van der Waals surface area contributed by atoms with Gasteiger partial charge in [0.1, 0.15) is 5.52 Å². The topological polar surface area (TPSA) is 68.4 Å². The summed E-state index contributed by atoms with van der Waals surface area (Å²) in [5, 5.41) is 7.34. The summed E-state index contributed by atoms with van der Waals surface area (Å²) in [5.41, 5.74) is 4.54. The molecule has 3 rings (SSSR count). The second kappa shape index (κ2) is 7.56. The van der Waals surface area contributed by atoms with Crippen molar-refractivity contribution in [1.82, 2.24) is 19.5 Å². The van der Waals surface area contributed by atoms with Gasteiger partial charge in [0.15, 0.2) is 0 Å². The van der Waals surface area contributed by atoms with Crippen LogP contribution in [0.4, 0.5) is 0 Å². The van der Waals surface area contributed by atoms with E-state index in [1.165, 1.54) is 11.1 Å². The lowest BCUT2D eigenvalue weighted by Gasteiger charge is -2.06. The van der Waals surface area contributed by atoms with Gasteiger partial charge in [0, 0.05) is 37.5 Å². The number of aromatic nitrogens is 3.